The van der Waals surface area contributed by atoms with Crippen molar-refractivity contribution in [3.8, 4) is 0 Å². The van der Waals surface area contributed by atoms with Gasteiger partial charge in [0.15, 0.2) is 4.77 Å². The van der Waals surface area contributed by atoms with Crippen LogP contribution in [0.1, 0.15) is 36.5 Å². The summed E-state index contributed by atoms with van der Waals surface area (Å²) >= 11 is 5.15. The van der Waals surface area contributed by atoms with Crippen LogP contribution in [0, 0.1) is 10.7 Å². The molecule has 6 heteroatoms. The first kappa shape index (κ1) is 15.9. The minimum absolute atomic E-state index is 0.0324. The fourth-order valence-corrected chi connectivity index (χ4v) is 3.40. The average Bonchev–Trinajstić information content (AvgIpc) is 2.58. The van der Waals surface area contributed by atoms with Gasteiger partial charge < -0.3 is 9.88 Å². The van der Waals surface area contributed by atoms with E-state index in [9.17, 15) is 9.59 Å². The molecule has 0 saturated carbocycles. The minimum Gasteiger partial charge on any atom is -0.338 e. The maximum Gasteiger partial charge on any atom is 0.261 e. The molecule has 23 heavy (non-hydrogen) atoms. The van der Waals surface area contributed by atoms with E-state index in [1.807, 2.05) is 4.90 Å². The van der Waals surface area contributed by atoms with Gasteiger partial charge in [-0.1, -0.05) is 13.3 Å². The van der Waals surface area contributed by atoms with Crippen molar-refractivity contribution in [3.05, 3.63) is 38.9 Å². The number of nitrogens with one attached hydrogen (secondary N) is 1. The van der Waals surface area contributed by atoms with Gasteiger partial charge in [-0.05, 0) is 49.2 Å². The van der Waals surface area contributed by atoms with Crippen molar-refractivity contribution in [2.45, 2.75) is 26.2 Å². The molecule has 1 fully saturated rings. The second-order valence-corrected chi connectivity index (χ2v) is 6.61. The topological polar surface area (TPSA) is 58.1 Å². The quantitative estimate of drug-likeness (QED) is 0.861. The van der Waals surface area contributed by atoms with E-state index in [-0.39, 0.29) is 11.5 Å². The van der Waals surface area contributed by atoms with E-state index in [1.165, 1.54) is 11.0 Å². The first-order chi connectivity index (χ1) is 11.0. The molecule has 1 aromatic heterocycles. The zero-order chi connectivity index (χ0) is 16.6. The largest absolute Gasteiger partial charge is 0.338 e. The normalized spacial score (nSPS) is 18.3. The standard InChI is InChI=1S/C17H21N3O2S/c1-3-11-5-4-8-20(10-11)15(21)12-6-7-13-14(9-12)18-17(23)19(2)16(13)22/h6-7,9,11H,3-5,8,10H2,1-2H3,(H,18,23)/t11-/m1/s1. The molecule has 0 aliphatic carbocycles. The molecule has 1 saturated heterocycles. The lowest BCUT2D eigenvalue weighted by Crippen LogP contribution is -2.39. The van der Waals surface area contributed by atoms with Crippen molar-refractivity contribution in [2.24, 2.45) is 13.0 Å². The molecule has 1 N–H and O–H groups in total. The fraction of sp³-hybridized carbons (Fsp3) is 0.471. The number of aromatic amines is 1. The monoisotopic (exact) mass is 331 g/mol. The molecule has 3 rings (SSSR count). The molecule has 0 spiro atoms. The van der Waals surface area contributed by atoms with Crippen LogP contribution >= 0.6 is 12.2 Å². The van der Waals surface area contributed by atoms with E-state index >= 15 is 0 Å². The molecule has 122 valence electrons. The molecule has 2 heterocycles. The third-order valence-electron chi connectivity index (χ3n) is 4.73. The van der Waals surface area contributed by atoms with Gasteiger partial charge in [0, 0.05) is 25.7 Å². The summed E-state index contributed by atoms with van der Waals surface area (Å²) in [5, 5.41) is 0.544. The Labute approximate surface area is 139 Å². The second kappa shape index (κ2) is 6.28. The Bertz CT molecular complexity index is 868. The second-order valence-electron chi connectivity index (χ2n) is 6.22. The molecule has 2 aromatic rings. The number of carbonyl (C=O) groups is 1. The number of aromatic nitrogens is 2. The highest BCUT2D eigenvalue weighted by Crippen LogP contribution is 2.21. The highest BCUT2D eigenvalue weighted by Gasteiger charge is 2.23. The first-order valence-corrected chi connectivity index (χ1v) is 8.44. The van der Waals surface area contributed by atoms with E-state index in [4.69, 9.17) is 12.2 Å². The number of likely N-dealkylation sites (tertiary alicyclic amines) is 1. The number of nitrogens with zero attached hydrogens (tertiary/aromatic N) is 2. The first-order valence-electron chi connectivity index (χ1n) is 8.03. The van der Waals surface area contributed by atoms with E-state index < -0.39 is 0 Å². The number of rotatable bonds is 2. The van der Waals surface area contributed by atoms with Gasteiger partial charge in [0.05, 0.1) is 10.9 Å². The van der Waals surface area contributed by atoms with Gasteiger partial charge in [-0.2, -0.15) is 0 Å². The van der Waals surface area contributed by atoms with Crippen LogP contribution in [0.15, 0.2) is 23.0 Å². The van der Waals surface area contributed by atoms with Gasteiger partial charge in [-0.15, -0.1) is 0 Å². The molecule has 1 aromatic carbocycles. The maximum atomic E-state index is 12.7. The van der Waals surface area contributed by atoms with Crippen LogP contribution in [0.25, 0.3) is 10.9 Å². The summed E-state index contributed by atoms with van der Waals surface area (Å²) in [5.41, 5.74) is 1.08. The van der Waals surface area contributed by atoms with Crippen LogP contribution in [0.3, 0.4) is 0 Å². The van der Waals surface area contributed by atoms with Crippen molar-refractivity contribution in [3.63, 3.8) is 0 Å². The fourth-order valence-electron chi connectivity index (χ4n) is 3.20. The van der Waals surface area contributed by atoms with Crippen molar-refractivity contribution >= 4 is 29.0 Å². The molecular formula is C17H21N3O2S. The summed E-state index contributed by atoms with van der Waals surface area (Å²) < 4.78 is 1.76. The van der Waals surface area contributed by atoms with Crippen molar-refractivity contribution in [1.29, 1.82) is 0 Å². The molecule has 1 aliphatic rings. The van der Waals surface area contributed by atoms with Crippen molar-refractivity contribution in [2.75, 3.05) is 13.1 Å². The summed E-state index contributed by atoms with van der Waals surface area (Å²) in [5.74, 6) is 0.622. The highest BCUT2D eigenvalue weighted by atomic mass is 32.1. The van der Waals surface area contributed by atoms with Crippen molar-refractivity contribution < 1.29 is 4.79 Å². The Kier molecular flexibility index (Phi) is 4.35. The van der Waals surface area contributed by atoms with Crippen LogP contribution in [0.4, 0.5) is 0 Å². The molecule has 0 unspecified atom stereocenters. The Morgan fingerprint density at radius 3 is 2.96 bits per heavy atom. The van der Waals surface area contributed by atoms with Gasteiger partial charge >= 0.3 is 0 Å². The van der Waals surface area contributed by atoms with Crippen molar-refractivity contribution in [1.82, 2.24) is 14.5 Å². The number of carbonyl (C=O) groups excluding carboxylic acids is 1. The minimum atomic E-state index is -0.147. The smallest absolute Gasteiger partial charge is 0.261 e. The number of hydrogen-bond acceptors (Lipinski definition) is 3. The number of fused-ring (bicyclic) bond motifs is 1. The van der Waals surface area contributed by atoms with E-state index in [1.54, 1.807) is 25.2 Å². The van der Waals surface area contributed by atoms with Gasteiger partial charge in [0.1, 0.15) is 0 Å². The lowest BCUT2D eigenvalue weighted by molar-refractivity contribution is 0.0671. The predicted molar refractivity (Wildman–Crippen MR) is 93.3 cm³/mol. The third-order valence-corrected chi connectivity index (χ3v) is 5.11. The van der Waals surface area contributed by atoms with Gasteiger partial charge in [-0.25, -0.2) is 0 Å². The third kappa shape index (κ3) is 2.95. The van der Waals surface area contributed by atoms with E-state index in [0.29, 0.717) is 27.2 Å². The summed E-state index contributed by atoms with van der Waals surface area (Å²) in [6.07, 6.45) is 3.35. The molecule has 1 aliphatic heterocycles. The number of piperidine rings is 1. The number of benzene rings is 1. The number of hydrogen-bond donors (Lipinski definition) is 1. The number of H-pyrrole nitrogens is 1. The zero-order valence-electron chi connectivity index (χ0n) is 13.5. The predicted octanol–water partition coefficient (Wildman–Crippen LogP) is 2.86. The van der Waals surface area contributed by atoms with E-state index in [2.05, 4.69) is 11.9 Å². The lowest BCUT2D eigenvalue weighted by Gasteiger charge is -2.32. The summed E-state index contributed by atoms with van der Waals surface area (Å²) in [4.78, 5) is 29.9. The molecular weight excluding hydrogens is 310 g/mol. The summed E-state index contributed by atoms with van der Waals surface area (Å²) in [7, 11) is 1.64. The van der Waals surface area contributed by atoms with Crippen LogP contribution in [0.2, 0.25) is 0 Å². The molecule has 0 radical (unpaired) electrons. The molecule has 0 bridgehead atoms. The summed E-state index contributed by atoms with van der Waals surface area (Å²) in [6.45, 7) is 3.80. The van der Waals surface area contributed by atoms with Crippen LogP contribution in [-0.4, -0.2) is 33.4 Å². The number of amides is 1. The van der Waals surface area contributed by atoms with Crippen LogP contribution < -0.4 is 5.56 Å². The Hall–Kier alpha value is -1.95. The lowest BCUT2D eigenvalue weighted by atomic mass is 9.95. The zero-order valence-corrected chi connectivity index (χ0v) is 14.3. The molecule has 1 atom stereocenters. The summed E-state index contributed by atoms with van der Waals surface area (Å²) in [6, 6.07) is 5.18. The molecule has 1 amide bonds. The van der Waals surface area contributed by atoms with Gasteiger partial charge in [0.2, 0.25) is 0 Å². The Morgan fingerprint density at radius 2 is 2.22 bits per heavy atom. The average molecular weight is 331 g/mol. The maximum absolute atomic E-state index is 12.7. The SMILES string of the molecule is CC[C@@H]1CCCN(C(=O)c2ccc3c(=O)n(C)c(=S)[nH]c3c2)C1. The highest BCUT2D eigenvalue weighted by molar-refractivity contribution is 7.71. The van der Waals surface area contributed by atoms with Gasteiger partial charge in [-0.3, -0.25) is 14.2 Å². The van der Waals surface area contributed by atoms with E-state index in [0.717, 1.165) is 25.9 Å². The Balaban J connectivity index is 1.97. The van der Waals surface area contributed by atoms with Crippen LogP contribution in [0.5, 0.6) is 0 Å². The Morgan fingerprint density at radius 1 is 1.43 bits per heavy atom. The molecule has 5 nitrogen and oxygen atoms in total. The van der Waals surface area contributed by atoms with Gasteiger partial charge in [0.25, 0.3) is 11.5 Å². The van der Waals surface area contributed by atoms with Crippen LogP contribution in [-0.2, 0) is 7.05 Å².